The number of carbonyl (C=O) groups is 1. The molecule has 0 aliphatic heterocycles. The van der Waals surface area contributed by atoms with Crippen molar-refractivity contribution in [2.24, 2.45) is 16.2 Å². The van der Waals surface area contributed by atoms with Crippen molar-refractivity contribution in [3.05, 3.63) is 102 Å². The van der Waals surface area contributed by atoms with Gasteiger partial charge in [-0.05, 0) is 86.2 Å². The molecule has 0 amide bonds. The van der Waals surface area contributed by atoms with Crippen LogP contribution in [0.5, 0.6) is 0 Å². The molecule has 1 aromatic carbocycles. The minimum absolute atomic E-state index is 0. The molecule has 5 rings (SSSR count). The fraction of sp³-hybridized carbons (Fsp3) is 0.442. The van der Waals surface area contributed by atoms with Crippen molar-refractivity contribution in [1.82, 2.24) is 15.0 Å². The molecule has 4 heterocycles. The van der Waals surface area contributed by atoms with Gasteiger partial charge in [0, 0.05) is 74.4 Å². The second kappa shape index (κ2) is 17.5. The molecule has 5 aromatic rings. The number of hydrogen-bond donors (Lipinski definition) is 1. The van der Waals surface area contributed by atoms with E-state index >= 15 is 0 Å². The van der Waals surface area contributed by atoms with Crippen LogP contribution in [0.3, 0.4) is 0 Å². The van der Waals surface area contributed by atoms with Gasteiger partial charge in [0.05, 0.1) is 5.58 Å². The summed E-state index contributed by atoms with van der Waals surface area (Å²) in [6, 6.07) is 17.9. The van der Waals surface area contributed by atoms with Crippen LogP contribution in [0.2, 0.25) is 0 Å². The Hall–Kier alpha value is -3.67. The maximum absolute atomic E-state index is 12.2. The Balaban J connectivity index is 0.000000398. The number of allylic oxidation sites excluding steroid dienone is 2. The minimum Gasteiger partial charge on any atom is -0.512 e. The number of aryl methyl sites for hydroxylation is 2. The van der Waals surface area contributed by atoms with Gasteiger partial charge >= 0.3 is 0 Å². The van der Waals surface area contributed by atoms with Gasteiger partial charge < -0.3 is 14.5 Å². The molecule has 0 saturated carbocycles. The normalized spacial score (nSPS) is 15.0. The third-order valence-corrected chi connectivity index (χ3v) is 9.42. The minimum atomic E-state index is -2.50. The maximum Gasteiger partial charge on any atom is 0.216 e. The molecule has 0 aliphatic rings. The number of aliphatic hydroxyl groups excluding tert-OH is 1. The van der Waals surface area contributed by atoms with Crippen molar-refractivity contribution >= 4 is 27.9 Å². The molecule has 0 spiro atoms. The van der Waals surface area contributed by atoms with Gasteiger partial charge in [0.1, 0.15) is 5.76 Å². The molecule has 0 atom stereocenters. The van der Waals surface area contributed by atoms with Gasteiger partial charge in [-0.15, -0.1) is 18.2 Å². The molecule has 0 unspecified atom stereocenters. The number of ketones is 1. The van der Waals surface area contributed by atoms with Gasteiger partial charge in [0.2, 0.25) is 5.71 Å². The zero-order valence-electron chi connectivity index (χ0n) is 36.7. The molecular formula is C43H54IrN3O3-. The summed E-state index contributed by atoms with van der Waals surface area (Å²) in [7, 11) is 0. The monoisotopic (exact) mass is 859 g/mol. The van der Waals surface area contributed by atoms with Gasteiger partial charge in [0.15, 0.2) is 5.78 Å². The first-order chi connectivity index (χ1) is 25.5. The van der Waals surface area contributed by atoms with Crippen molar-refractivity contribution in [2.45, 2.75) is 107 Å². The number of pyridine rings is 3. The van der Waals surface area contributed by atoms with Crippen LogP contribution in [0.4, 0.5) is 0 Å². The molecule has 0 saturated heterocycles. The Bertz CT molecular complexity index is 2160. The summed E-state index contributed by atoms with van der Waals surface area (Å²) in [6.45, 7) is 17.6. The van der Waals surface area contributed by atoms with Crippen molar-refractivity contribution in [2.75, 3.05) is 0 Å². The van der Waals surface area contributed by atoms with Gasteiger partial charge in [-0.1, -0.05) is 91.0 Å². The van der Waals surface area contributed by atoms with E-state index in [0.29, 0.717) is 33.2 Å². The Morgan fingerprint density at radius 1 is 0.860 bits per heavy atom. The van der Waals surface area contributed by atoms with E-state index in [1.807, 2.05) is 68.4 Å². The summed E-state index contributed by atoms with van der Waals surface area (Å²) < 4.78 is 57.6. The molecule has 269 valence electrons. The molecule has 0 fully saturated rings. The molecule has 1 N–H and O–H groups in total. The van der Waals surface area contributed by atoms with E-state index in [4.69, 9.17) is 12.6 Å². The van der Waals surface area contributed by atoms with E-state index in [2.05, 4.69) is 21.0 Å². The van der Waals surface area contributed by atoms with Crippen LogP contribution in [-0.2, 0) is 44.0 Å². The summed E-state index contributed by atoms with van der Waals surface area (Å²) in [6.07, 6.45) is 1.18. The van der Waals surface area contributed by atoms with Crippen LogP contribution >= 0.6 is 0 Å². The Morgan fingerprint density at radius 3 is 2.16 bits per heavy atom. The number of benzene rings is 1. The SMILES string of the molecule is CCC(C)(CC)C(=O)/C=C(\O)C(C)(CC)CC.[2H]C([2H])(c1ccnc(-c2[c-]ccc3c2oc2nc(C([2H])([2H])C([2H])([2H])c4ccccn4)ccc23)c1)C(C)(C)C.[Ir]. The first kappa shape index (κ1) is 32.3. The quantitative estimate of drug-likeness (QED) is 0.0764. The number of nitrogens with zero attached hydrogens (tertiary/aromatic N) is 3. The summed E-state index contributed by atoms with van der Waals surface area (Å²) in [5.74, 6) is 0.286. The Kier molecular flexibility index (Phi) is 11.3. The summed E-state index contributed by atoms with van der Waals surface area (Å²) in [5, 5.41) is 11.5. The van der Waals surface area contributed by atoms with Gasteiger partial charge in [-0.3, -0.25) is 9.78 Å². The van der Waals surface area contributed by atoms with E-state index in [1.165, 1.54) is 24.4 Å². The first-order valence-corrected chi connectivity index (χ1v) is 17.1. The van der Waals surface area contributed by atoms with Crippen LogP contribution in [-0.4, -0.2) is 25.8 Å². The molecule has 1 radical (unpaired) electrons. The first-order valence-electron chi connectivity index (χ1n) is 20.1. The fourth-order valence-corrected chi connectivity index (χ4v) is 5.21. The second-order valence-electron chi connectivity index (χ2n) is 13.9. The third kappa shape index (κ3) is 9.98. The number of fused-ring (bicyclic) bond motifs is 3. The van der Waals surface area contributed by atoms with Gasteiger partial charge in [-0.2, -0.15) is 0 Å². The molecule has 6 nitrogen and oxygen atoms in total. The van der Waals surface area contributed by atoms with Crippen molar-refractivity contribution in [3.63, 3.8) is 0 Å². The van der Waals surface area contributed by atoms with E-state index in [9.17, 15) is 9.90 Å². The van der Waals surface area contributed by atoms with Crippen LogP contribution < -0.4 is 0 Å². The fourth-order valence-electron chi connectivity index (χ4n) is 5.21. The van der Waals surface area contributed by atoms with E-state index in [1.54, 1.807) is 42.6 Å². The maximum atomic E-state index is 12.2. The van der Waals surface area contributed by atoms with E-state index < -0.39 is 24.5 Å². The van der Waals surface area contributed by atoms with Gasteiger partial charge in [0.25, 0.3) is 0 Å². The van der Waals surface area contributed by atoms with Crippen LogP contribution in [0.1, 0.15) is 113 Å². The standard InChI is InChI=1S/C28H26N3O.C15H28O2.Ir/c1-28(2,3)18-19-14-16-30-25(17-19)24-9-6-8-22-23-13-12-21(31-27(23)32-26(22)24)11-10-20-7-4-5-15-29-20;1-7-14(5,8-2)12(16)11-13(17)15(6,9-3)10-4;/h4-8,12-17H,10-11,18H2,1-3H3;11,16H,7-10H2,1-6H3;/q-1;;/b;12-11-;/i10D2,11D2,18D2;;. The summed E-state index contributed by atoms with van der Waals surface area (Å²) >= 11 is 0. The third-order valence-electron chi connectivity index (χ3n) is 9.42. The Labute approximate surface area is 321 Å². The number of aliphatic hydroxyl groups is 1. The zero-order chi connectivity index (χ0) is 41.2. The largest absolute Gasteiger partial charge is 0.512 e. The molecule has 50 heavy (non-hydrogen) atoms. The van der Waals surface area contributed by atoms with Crippen LogP contribution in [0.15, 0.2) is 83.2 Å². The second-order valence-corrected chi connectivity index (χ2v) is 13.9. The molecular weight excluding hydrogens is 799 g/mol. The van der Waals surface area contributed by atoms with Crippen molar-refractivity contribution < 1.29 is 42.6 Å². The van der Waals surface area contributed by atoms with Crippen molar-refractivity contribution in [1.29, 1.82) is 0 Å². The Morgan fingerprint density at radius 2 is 1.54 bits per heavy atom. The molecule has 0 aliphatic carbocycles. The zero-order valence-corrected chi connectivity index (χ0v) is 33.1. The molecule has 0 bridgehead atoms. The number of hydrogen-bond acceptors (Lipinski definition) is 6. The summed E-state index contributed by atoms with van der Waals surface area (Å²) in [4.78, 5) is 25.0. The van der Waals surface area contributed by atoms with Crippen molar-refractivity contribution in [3.8, 4) is 11.3 Å². The molecule has 4 aromatic heterocycles. The van der Waals surface area contributed by atoms with E-state index in [0.717, 1.165) is 25.7 Å². The average molecular weight is 859 g/mol. The summed E-state index contributed by atoms with van der Waals surface area (Å²) in [5.41, 5.74) is 0.693. The average Bonchev–Trinajstić information content (AvgIpc) is 3.55. The number of carbonyl (C=O) groups excluding carboxylic acids is 1. The van der Waals surface area contributed by atoms with Gasteiger partial charge in [-0.25, -0.2) is 4.98 Å². The number of aromatic nitrogens is 3. The number of rotatable bonds is 12. The predicted octanol–water partition coefficient (Wildman–Crippen LogP) is 11.3. The number of furan rings is 1. The van der Waals surface area contributed by atoms with Crippen LogP contribution in [0, 0.1) is 22.3 Å². The van der Waals surface area contributed by atoms with E-state index in [-0.39, 0.29) is 59.6 Å². The topological polar surface area (TPSA) is 89.1 Å². The molecule has 7 heteroatoms. The van der Waals surface area contributed by atoms with Crippen LogP contribution in [0.25, 0.3) is 33.3 Å². The predicted molar refractivity (Wildman–Crippen MR) is 201 cm³/mol. The smallest absolute Gasteiger partial charge is 0.216 e.